The van der Waals surface area contributed by atoms with Gasteiger partial charge in [-0.05, 0) is 24.3 Å². The maximum Gasteiger partial charge on any atom is 0.117 e. The average molecular weight is 264 g/mol. The Morgan fingerprint density at radius 3 is 2.84 bits per heavy atom. The van der Waals surface area contributed by atoms with Gasteiger partial charge in [0.15, 0.2) is 0 Å². The number of pyridine rings is 1. The van der Waals surface area contributed by atoms with Crippen LogP contribution in [0.1, 0.15) is 5.01 Å². The third kappa shape index (κ3) is 2.33. The number of aromatic nitrogens is 2. The van der Waals surface area contributed by atoms with Crippen LogP contribution in [0.5, 0.6) is 0 Å². The molecule has 3 aromatic rings. The average Bonchev–Trinajstić information content (AvgIpc) is 2.88. The molecule has 0 saturated heterocycles. The van der Waals surface area contributed by atoms with Crippen molar-refractivity contribution < 1.29 is 0 Å². The Morgan fingerprint density at radius 1 is 1.11 bits per heavy atom. The van der Waals surface area contributed by atoms with Crippen molar-refractivity contribution in [2.75, 3.05) is 0 Å². The number of fused-ring (bicyclic) bond motifs is 1. The number of rotatable bonds is 3. The zero-order valence-electron chi connectivity index (χ0n) is 10.3. The summed E-state index contributed by atoms with van der Waals surface area (Å²) in [7, 11) is 0. The van der Waals surface area contributed by atoms with Gasteiger partial charge in [-0.1, -0.05) is 36.9 Å². The number of allylic oxidation sites excluding steroid dienone is 2. The molecule has 1 aromatic carbocycles. The van der Waals surface area contributed by atoms with E-state index in [4.69, 9.17) is 0 Å². The molecule has 3 rings (SSSR count). The molecule has 0 radical (unpaired) electrons. The van der Waals surface area contributed by atoms with Crippen LogP contribution in [-0.2, 0) is 0 Å². The molecule has 2 aromatic heterocycles. The fourth-order valence-electron chi connectivity index (χ4n) is 1.92. The van der Waals surface area contributed by atoms with Gasteiger partial charge in [0.25, 0.3) is 0 Å². The number of hydrogen-bond donors (Lipinski definition) is 0. The number of para-hydroxylation sites is 1. The van der Waals surface area contributed by atoms with E-state index in [1.54, 1.807) is 23.6 Å². The van der Waals surface area contributed by atoms with Gasteiger partial charge >= 0.3 is 0 Å². The molecule has 0 bridgehead atoms. The van der Waals surface area contributed by atoms with Crippen molar-refractivity contribution >= 4 is 27.6 Å². The van der Waals surface area contributed by atoms with Gasteiger partial charge in [-0.25, -0.2) is 4.98 Å². The molecule has 0 unspecified atom stereocenters. The Labute approximate surface area is 115 Å². The first-order chi connectivity index (χ1) is 9.38. The molecule has 2 nitrogen and oxygen atoms in total. The van der Waals surface area contributed by atoms with Crippen molar-refractivity contribution in [1.82, 2.24) is 9.97 Å². The van der Waals surface area contributed by atoms with Crippen LogP contribution in [0.2, 0.25) is 0 Å². The van der Waals surface area contributed by atoms with E-state index in [9.17, 15) is 0 Å². The van der Waals surface area contributed by atoms with Crippen LogP contribution >= 0.6 is 11.3 Å². The zero-order chi connectivity index (χ0) is 13.1. The van der Waals surface area contributed by atoms with Gasteiger partial charge in [-0.3, -0.25) is 4.98 Å². The van der Waals surface area contributed by atoms with Crippen molar-refractivity contribution in [2.45, 2.75) is 0 Å². The van der Waals surface area contributed by atoms with Crippen molar-refractivity contribution in [1.29, 1.82) is 0 Å². The molecule has 0 aliphatic heterocycles. The van der Waals surface area contributed by atoms with E-state index in [0.717, 1.165) is 21.8 Å². The molecule has 0 saturated carbocycles. The summed E-state index contributed by atoms with van der Waals surface area (Å²) in [5.74, 6) is 0. The Kier molecular flexibility index (Phi) is 3.21. The lowest BCUT2D eigenvalue weighted by Gasteiger charge is -2.00. The highest BCUT2D eigenvalue weighted by Gasteiger charge is 2.08. The third-order valence-corrected chi connectivity index (χ3v) is 3.74. The van der Waals surface area contributed by atoms with Gasteiger partial charge < -0.3 is 0 Å². The van der Waals surface area contributed by atoms with Crippen LogP contribution in [0.25, 0.3) is 27.6 Å². The van der Waals surface area contributed by atoms with Crippen molar-refractivity contribution in [3.05, 3.63) is 66.3 Å². The van der Waals surface area contributed by atoms with Crippen molar-refractivity contribution in [3.63, 3.8) is 0 Å². The minimum absolute atomic E-state index is 0.956. The van der Waals surface area contributed by atoms with E-state index < -0.39 is 0 Å². The molecular weight excluding hydrogens is 252 g/mol. The maximum absolute atomic E-state index is 4.67. The molecule has 0 spiro atoms. The minimum atomic E-state index is 0.956. The second-order valence-electron chi connectivity index (χ2n) is 4.01. The molecule has 0 amide bonds. The second kappa shape index (κ2) is 5.16. The predicted octanol–water partition coefficient (Wildman–Crippen LogP) is 4.56. The summed E-state index contributed by atoms with van der Waals surface area (Å²) in [6.45, 7) is 3.67. The Bertz CT molecular complexity index is 742. The molecule has 0 N–H and O–H groups in total. The molecule has 0 aliphatic rings. The Hall–Kier alpha value is -2.26. The van der Waals surface area contributed by atoms with Crippen LogP contribution in [0.15, 0.2) is 61.3 Å². The predicted molar refractivity (Wildman–Crippen MR) is 82.1 cm³/mol. The van der Waals surface area contributed by atoms with Gasteiger partial charge in [-0.15, -0.1) is 11.3 Å². The number of thiazole rings is 1. The molecule has 0 fully saturated rings. The first-order valence-corrected chi connectivity index (χ1v) is 6.80. The fraction of sp³-hybridized carbons (Fsp3) is 0. The number of benzene rings is 1. The maximum atomic E-state index is 4.67. The largest absolute Gasteiger partial charge is 0.256 e. The molecule has 0 atom stereocenters. The lowest BCUT2D eigenvalue weighted by Crippen LogP contribution is -1.83. The van der Waals surface area contributed by atoms with E-state index in [0.29, 0.717) is 0 Å². The first-order valence-electron chi connectivity index (χ1n) is 5.98. The molecule has 3 heteroatoms. The van der Waals surface area contributed by atoms with Gasteiger partial charge in [0.1, 0.15) is 5.01 Å². The summed E-state index contributed by atoms with van der Waals surface area (Å²) in [6.07, 6.45) is 7.43. The fourth-order valence-corrected chi connectivity index (χ4v) is 2.82. The van der Waals surface area contributed by atoms with Gasteiger partial charge in [0, 0.05) is 11.8 Å². The topological polar surface area (TPSA) is 25.8 Å². The smallest absolute Gasteiger partial charge is 0.117 e. The molecule has 0 aliphatic carbocycles. The van der Waals surface area contributed by atoms with Crippen LogP contribution in [0.3, 0.4) is 0 Å². The summed E-state index contributed by atoms with van der Waals surface area (Å²) in [6, 6.07) is 12.1. The number of hydrogen-bond acceptors (Lipinski definition) is 3. The quantitative estimate of drug-likeness (QED) is 0.648. The van der Waals surface area contributed by atoms with Crippen LogP contribution in [0.4, 0.5) is 0 Å². The van der Waals surface area contributed by atoms with Crippen molar-refractivity contribution in [3.8, 4) is 11.3 Å². The lowest BCUT2D eigenvalue weighted by atomic mass is 10.1. The second-order valence-corrected chi connectivity index (χ2v) is 5.08. The molecule has 19 heavy (non-hydrogen) atoms. The van der Waals surface area contributed by atoms with Crippen LogP contribution < -0.4 is 0 Å². The Morgan fingerprint density at radius 2 is 2.05 bits per heavy atom. The van der Waals surface area contributed by atoms with Crippen LogP contribution in [-0.4, -0.2) is 9.97 Å². The van der Waals surface area contributed by atoms with Crippen LogP contribution in [0, 0.1) is 0 Å². The van der Waals surface area contributed by atoms with E-state index in [2.05, 4.69) is 28.7 Å². The van der Waals surface area contributed by atoms with Gasteiger partial charge in [-0.2, -0.15) is 0 Å². The molecule has 2 heterocycles. The van der Waals surface area contributed by atoms with Crippen molar-refractivity contribution in [2.24, 2.45) is 0 Å². The SMILES string of the molecule is C=CC=Cc1nc2c(-c3ccccn3)cccc2s1. The minimum Gasteiger partial charge on any atom is -0.256 e. The lowest BCUT2D eigenvalue weighted by molar-refractivity contribution is 1.32. The highest BCUT2D eigenvalue weighted by Crippen LogP contribution is 2.30. The highest BCUT2D eigenvalue weighted by atomic mass is 32.1. The Balaban J connectivity index is 2.18. The summed E-state index contributed by atoms with van der Waals surface area (Å²) in [5.41, 5.74) is 3.04. The normalized spacial score (nSPS) is 11.2. The van der Waals surface area contributed by atoms with E-state index >= 15 is 0 Å². The van der Waals surface area contributed by atoms with Gasteiger partial charge in [0.05, 0.1) is 15.9 Å². The number of nitrogens with zero attached hydrogens (tertiary/aromatic N) is 2. The van der Waals surface area contributed by atoms with E-state index in [1.165, 1.54) is 4.70 Å². The summed E-state index contributed by atoms with van der Waals surface area (Å²) in [5, 5.41) is 0.985. The monoisotopic (exact) mass is 264 g/mol. The summed E-state index contributed by atoms with van der Waals surface area (Å²) >= 11 is 1.67. The first kappa shape index (κ1) is 11.8. The summed E-state index contributed by atoms with van der Waals surface area (Å²) in [4.78, 5) is 9.07. The highest BCUT2D eigenvalue weighted by molar-refractivity contribution is 7.19. The standard InChI is InChI=1S/C16H12N2S/c1-2-3-10-15-18-16-12(7-6-9-14(16)19-15)13-8-4-5-11-17-13/h2-11H,1H2. The summed E-state index contributed by atoms with van der Waals surface area (Å²) < 4.78 is 1.17. The van der Waals surface area contributed by atoms with E-state index in [1.807, 2.05) is 36.4 Å². The third-order valence-electron chi connectivity index (χ3n) is 2.75. The molecule has 92 valence electrons. The zero-order valence-corrected chi connectivity index (χ0v) is 11.1. The molecular formula is C16H12N2S. The van der Waals surface area contributed by atoms with Gasteiger partial charge in [0.2, 0.25) is 0 Å². The van der Waals surface area contributed by atoms with E-state index in [-0.39, 0.29) is 0 Å².